The minimum atomic E-state index is -0.609. The fraction of sp³-hybridized carbons (Fsp3) is 0.529. The first kappa shape index (κ1) is 19.5. The predicted molar refractivity (Wildman–Crippen MR) is 91.3 cm³/mol. The lowest BCUT2D eigenvalue weighted by atomic mass is 10.1. The molecule has 1 N–H and O–H groups in total. The van der Waals surface area contributed by atoms with Gasteiger partial charge in [0.05, 0.1) is 29.3 Å². The van der Waals surface area contributed by atoms with Crippen molar-refractivity contribution in [1.82, 2.24) is 10.2 Å². The topological polar surface area (TPSA) is 67.9 Å². The Balaban J connectivity index is 2.05. The first-order chi connectivity index (χ1) is 11.6. The van der Waals surface area contributed by atoms with Gasteiger partial charge in [-0.05, 0) is 39.0 Å². The van der Waals surface area contributed by atoms with Crippen LogP contribution in [0.4, 0.5) is 9.18 Å². The van der Waals surface area contributed by atoms with E-state index in [1.165, 1.54) is 18.1 Å². The molecule has 0 aliphatic carbocycles. The van der Waals surface area contributed by atoms with Crippen LogP contribution < -0.4 is 5.32 Å². The Kier molecular flexibility index (Phi) is 5.90. The number of rotatable bonds is 3. The zero-order valence-electron chi connectivity index (χ0n) is 14.6. The number of amides is 2. The Morgan fingerprint density at radius 3 is 2.56 bits per heavy atom. The number of carbonyl (C=O) groups is 2. The number of ether oxygens (including phenoxy) is 2. The van der Waals surface area contributed by atoms with Gasteiger partial charge in [-0.15, -0.1) is 0 Å². The molecule has 1 aromatic rings. The van der Waals surface area contributed by atoms with Gasteiger partial charge in [0, 0.05) is 13.7 Å². The lowest BCUT2D eigenvalue weighted by Gasteiger charge is -2.24. The number of carbonyl (C=O) groups excluding carboxylic acids is 2. The van der Waals surface area contributed by atoms with E-state index in [4.69, 9.17) is 21.1 Å². The molecule has 6 nitrogen and oxygen atoms in total. The van der Waals surface area contributed by atoms with Gasteiger partial charge in [0.1, 0.15) is 11.4 Å². The van der Waals surface area contributed by atoms with Crippen molar-refractivity contribution in [2.45, 2.75) is 38.5 Å². The number of nitrogens with one attached hydrogen (secondary N) is 1. The summed E-state index contributed by atoms with van der Waals surface area (Å²) in [6.07, 6.45) is -0.846. The standard InChI is InChI=1S/C17H22ClFN2O4/c1-17(2,3)25-16(23)21-8-13(14(9-21)24-4)20-15(22)11-6-5-10(19)7-12(11)18/h5-7,13-14H,8-9H2,1-4H3,(H,20,22)/t13?,14-/m0/s1. The van der Waals surface area contributed by atoms with Crippen LogP contribution in [0.5, 0.6) is 0 Å². The highest BCUT2D eigenvalue weighted by molar-refractivity contribution is 6.33. The molecule has 2 atom stereocenters. The highest BCUT2D eigenvalue weighted by Gasteiger charge is 2.38. The molecule has 0 radical (unpaired) electrons. The Bertz CT molecular complexity index is 663. The van der Waals surface area contributed by atoms with Crippen molar-refractivity contribution in [2.24, 2.45) is 0 Å². The molecule has 0 spiro atoms. The molecule has 8 heteroatoms. The van der Waals surface area contributed by atoms with Crippen molar-refractivity contribution >= 4 is 23.6 Å². The molecule has 0 aromatic heterocycles. The van der Waals surface area contributed by atoms with Gasteiger partial charge < -0.3 is 19.7 Å². The van der Waals surface area contributed by atoms with Crippen LogP contribution >= 0.6 is 11.6 Å². The Morgan fingerprint density at radius 2 is 2.00 bits per heavy atom. The van der Waals surface area contributed by atoms with Crippen LogP contribution in [0.25, 0.3) is 0 Å². The van der Waals surface area contributed by atoms with Crippen molar-refractivity contribution < 1.29 is 23.5 Å². The fourth-order valence-electron chi connectivity index (χ4n) is 2.55. The minimum Gasteiger partial charge on any atom is -0.444 e. The molecule has 1 aromatic carbocycles. The summed E-state index contributed by atoms with van der Waals surface area (Å²) in [5, 5.41) is 2.81. The Morgan fingerprint density at radius 1 is 1.32 bits per heavy atom. The molecule has 138 valence electrons. The summed E-state index contributed by atoms with van der Waals surface area (Å²) in [7, 11) is 1.51. The third-order valence-corrected chi connectivity index (χ3v) is 4.03. The van der Waals surface area contributed by atoms with Crippen molar-refractivity contribution in [3.05, 3.63) is 34.6 Å². The number of nitrogens with zero attached hydrogens (tertiary/aromatic N) is 1. The summed E-state index contributed by atoms with van der Waals surface area (Å²) in [5.74, 6) is -0.976. The van der Waals surface area contributed by atoms with Crippen molar-refractivity contribution in [2.75, 3.05) is 20.2 Å². The SMILES string of the molecule is CO[C@H]1CN(C(=O)OC(C)(C)C)CC1NC(=O)c1ccc(F)cc1Cl. The normalized spacial score (nSPS) is 20.5. The summed E-state index contributed by atoms with van der Waals surface area (Å²) < 4.78 is 23.8. The molecule has 2 rings (SSSR count). The van der Waals surface area contributed by atoms with E-state index in [1.807, 2.05) is 0 Å². The van der Waals surface area contributed by atoms with E-state index in [2.05, 4.69) is 5.32 Å². The maximum Gasteiger partial charge on any atom is 0.410 e. The fourth-order valence-corrected chi connectivity index (χ4v) is 2.80. The summed E-state index contributed by atoms with van der Waals surface area (Å²) >= 11 is 5.92. The van der Waals surface area contributed by atoms with E-state index in [0.717, 1.165) is 12.1 Å². The average molecular weight is 373 g/mol. The van der Waals surface area contributed by atoms with Gasteiger partial charge in [-0.25, -0.2) is 9.18 Å². The number of methoxy groups -OCH3 is 1. The Hall–Kier alpha value is -1.86. The summed E-state index contributed by atoms with van der Waals surface area (Å²) in [6.45, 7) is 5.89. The molecule has 0 bridgehead atoms. The third-order valence-electron chi connectivity index (χ3n) is 3.71. The van der Waals surface area contributed by atoms with Crippen LogP contribution in [0, 0.1) is 5.82 Å². The lowest BCUT2D eigenvalue weighted by molar-refractivity contribution is 0.0252. The molecule has 25 heavy (non-hydrogen) atoms. The summed E-state index contributed by atoms with van der Waals surface area (Å²) in [6, 6.07) is 3.13. The quantitative estimate of drug-likeness (QED) is 0.885. The number of benzene rings is 1. The average Bonchev–Trinajstić information content (AvgIpc) is 2.88. The molecular weight excluding hydrogens is 351 g/mol. The summed E-state index contributed by atoms with van der Waals surface area (Å²) in [5.41, 5.74) is -0.448. The van der Waals surface area contributed by atoms with Gasteiger partial charge in [0.15, 0.2) is 0 Å². The van der Waals surface area contributed by atoms with Gasteiger partial charge >= 0.3 is 6.09 Å². The van der Waals surface area contributed by atoms with Gasteiger partial charge in [-0.1, -0.05) is 11.6 Å². The van der Waals surface area contributed by atoms with Crippen molar-refractivity contribution in [1.29, 1.82) is 0 Å². The van der Waals surface area contributed by atoms with E-state index < -0.39 is 29.5 Å². The third kappa shape index (κ3) is 5.06. The van der Waals surface area contributed by atoms with Crippen molar-refractivity contribution in [3.8, 4) is 0 Å². The smallest absolute Gasteiger partial charge is 0.410 e. The van der Waals surface area contributed by atoms with Gasteiger partial charge in [0.2, 0.25) is 0 Å². The number of hydrogen-bond acceptors (Lipinski definition) is 4. The zero-order chi connectivity index (χ0) is 18.8. The molecule has 1 unspecified atom stereocenters. The number of hydrogen-bond donors (Lipinski definition) is 1. The molecule has 1 aliphatic heterocycles. The van der Waals surface area contributed by atoms with Crippen LogP contribution in [0.1, 0.15) is 31.1 Å². The van der Waals surface area contributed by atoms with Crippen LogP contribution in [-0.4, -0.2) is 54.8 Å². The number of likely N-dealkylation sites (tertiary alicyclic amines) is 1. The van der Waals surface area contributed by atoms with E-state index in [-0.39, 0.29) is 23.2 Å². The zero-order valence-corrected chi connectivity index (χ0v) is 15.4. The monoisotopic (exact) mass is 372 g/mol. The largest absolute Gasteiger partial charge is 0.444 e. The van der Waals surface area contributed by atoms with Crippen LogP contribution in [0.15, 0.2) is 18.2 Å². The molecule has 1 fully saturated rings. The van der Waals surface area contributed by atoms with Crippen LogP contribution in [-0.2, 0) is 9.47 Å². The van der Waals surface area contributed by atoms with E-state index in [9.17, 15) is 14.0 Å². The van der Waals surface area contributed by atoms with E-state index in [0.29, 0.717) is 6.54 Å². The maximum atomic E-state index is 13.1. The minimum absolute atomic E-state index is 0.0217. The highest BCUT2D eigenvalue weighted by Crippen LogP contribution is 2.20. The number of halogens is 2. The maximum absolute atomic E-state index is 13.1. The molecule has 2 amide bonds. The van der Waals surface area contributed by atoms with Gasteiger partial charge in [-0.2, -0.15) is 0 Å². The highest BCUT2D eigenvalue weighted by atomic mass is 35.5. The van der Waals surface area contributed by atoms with E-state index in [1.54, 1.807) is 20.8 Å². The second kappa shape index (κ2) is 7.58. The molecule has 1 saturated heterocycles. The first-order valence-electron chi connectivity index (χ1n) is 7.87. The van der Waals surface area contributed by atoms with Gasteiger partial charge in [0.25, 0.3) is 5.91 Å². The van der Waals surface area contributed by atoms with Crippen LogP contribution in [0.3, 0.4) is 0 Å². The van der Waals surface area contributed by atoms with Crippen LogP contribution in [0.2, 0.25) is 5.02 Å². The molecule has 1 heterocycles. The predicted octanol–water partition coefficient (Wildman–Crippen LogP) is 2.84. The molecule has 0 saturated carbocycles. The molecule has 1 aliphatic rings. The second-order valence-corrected chi connectivity index (χ2v) is 7.27. The van der Waals surface area contributed by atoms with Gasteiger partial charge in [-0.3, -0.25) is 4.79 Å². The first-order valence-corrected chi connectivity index (χ1v) is 8.25. The van der Waals surface area contributed by atoms with E-state index >= 15 is 0 Å². The lowest BCUT2D eigenvalue weighted by Crippen LogP contribution is -2.44. The molecular formula is C17H22ClFN2O4. The second-order valence-electron chi connectivity index (χ2n) is 6.86. The Labute approximate surface area is 151 Å². The van der Waals surface area contributed by atoms with Crippen molar-refractivity contribution in [3.63, 3.8) is 0 Å². The summed E-state index contributed by atoms with van der Waals surface area (Å²) in [4.78, 5) is 26.1.